The van der Waals surface area contributed by atoms with Gasteiger partial charge in [-0.25, -0.2) is 4.98 Å². The van der Waals surface area contributed by atoms with Crippen molar-refractivity contribution in [1.82, 2.24) is 9.55 Å². The normalized spacial score (nSPS) is 18.4. The van der Waals surface area contributed by atoms with Crippen molar-refractivity contribution in [1.29, 1.82) is 0 Å². The summed E-state index contributed by atoms with van der Waals surface area (Å²) in [6, 6.07) is 3.64. The van der Waals surface area contributed by atoms with Crippen molar-refractivity contribution in [3.05, 3.63) is 52.2 Å². The van der Waals surface area contributed by atoms with E-state index in [4.69, 9.17) is 27.6 Å². The number of aryl methyl sites for hydroxylation is 1. The molecule has 0 saturated carbocycles. The van der Waals surface area contributed by atoms with Crippen LogP contribution in [0.5, 0.6) is 0 Å². The van der Waals surface area contributed by atoms with Crippen LogP contribution in [0, 0.1) is 0 Å². The smallest absolute Gasteiger partial charge is 0.152 e. The highest BCUT2D eigenvalue weighted by Gasteiger charge is 2.26. The van der Waals surface area contributed by atoms with Crippen molar-refractivity contribution < 1.29 is 4.42 Å². The van der Waals surface area contributed by atoms with E-state index in [1.165, 1.54) is 5.69 Å². The lowest BCUT2D eigenvalue weighted by Crippen LogP contribution is -2.15. The highest BCUT2D eigenvalue weighted by molar-refractivity contribution is 6.38. The lowest BCUT2D eigenvalue weighted by molar-refractivity contribution is 0.488. The minimum Gasteiger partial charge on any atom is -0.462 e. The predicted octanol–water partition coefficient (Wildman–Crippen LogP) is 4.86. The van der Waals surface area contributed by atoms with E-state index in [0.717, 1.165) is 30.3 Å². The Labute approximate surface area is 126 Å². The largest absolute Gasteiger partial charge is 0.462 e. The average Bonchev–Trinajstić information content (AvgIpc) is 3.03. The van der Waals surface area contributed by atoms with Crippen molar-refractivity contribution in [2.45, 2.75) is 25.3 Å². The first-order chi connectivity index (χ1) is 9.74. The molecule has 1 unspecified atom stereocenters. The quantitative estimate of drug-likeness (QED) is 0.642. The molecule has 2 aromatic heterocycles. The maximum atomic E-state index is 6.20. The van der Waals surface area contributed by atoms with Crippen LogP contribution in [-0.2, 0) is 6.54 Å². The van der Waals surface area contributed by atoms with E-state index in [9.17, 15) is 0 Å². The molecule has 3 heterocycles. The molecule has 1 aliphatic heterocycles. The van der Waals surface area contributed by atoms with Gasteiger partial charge in [-0.1, -0.05) is 23.2 Å². The number of fused-ring (bicyclic) bond motifs is 2. The molecule has 0 spiro atoms. The van der Waals surface area contributed by atoms with Crippen molar-refractivity contribution in [2.24, 2.45) is 0 Å². The van der Waals surface area contributed by atoms with Crippen LogP contribution in [0.25, 0.3) is 11.0 Å². The molecular formula is C15H12Cl2N2O. The SMILES string of the molecule is Clc1cc(Cl)c2occ(C3CCCn4cncc43)c2c1. The molecule has 3 nitrogen and oxygen atoms in total. The number of nitrogens with zero attached hydrogens (tertiary/aromatic N) is 2. The molecule has 0 fully saturated rings. The number of benzene rings is 1. The highest BCUT2D eigenvalue weighted by Crippen LogP contribution is 2.40. The first kappa shape index (κ1) is 12.3. The topological polar surface area (TPSA) is 31.0 Å². The van der Waals surface area contributed by atoms with Crippen LogP contribution < -0.4 is 0 Å². The highest BCUT2D eigenvalue weighted by atomic mass is 35.5. The average molecular weight is 307 g/mol. The van der Waals surface area contributed by atoms with Gasteiger partial charge in [0.15, 0.2) is 5.58 Å². The zero-order chi connectivity index (χ0) is 13.7. The van der Waals surface area contributed by atoms with Gasteiger partial charge in [0, 0.05) is 40.3 Å². The van der Waals surface area contributed by atoms with Crippen LogP contribution in [0.2, 0.25) is 10.0 Å². The number of rotatable bonds is 1. The summed E-state index contributed by atoms with van der Waals surface area (Å²) in [5.74, 6) is 0.294. The Hall–Kier alpha value is -1.45. The number of furan rings is 1. The third-order valence-electron chi connectivity index (χ3n) is 3.99. The molecule has 3 aromatic rings. The molecule has 1 atom stereocenters. The summed E-state index contributed by atoms with van der Waals surface area (Å²) in [5.41, 5.74) is 3.09. The monoisotopic (exact) mass is 306 g/mol. The summed E-state index contributed by atoms with van der Waals surface area (Å²) in [4.78, 5) is 4.26. The van der Waals surface area contributed by atoms with Gasteiger partial charge in [-0.2, -0.15) is 0 Å². The molecule has 102 valence electrons. The number of halogens is 2. The van der Waals surface area contributed by atoms with E-state index in [1.54, 1.807) is 12.3 Å². The molecular weight excluding hydrogens is 295 g/mol. The zero-order valence-electron chi connectivity index (χ0n) is 10.6. The van der Waals surface area contributed by atoms with E-state index >= 15 is 0 Å². The molecule has 0 amide bonds. The maximum Gasteiger partial charge on any atom is 0.152 e. The minimum atomic E-state index is 0.294. The van der Waals surface area contributed by atoms with Crippen molar-refractivity contribution in [3.8, 4) is 0 Å². The van der Waals surface area contributed by atoms with Crippen molar-refractivity contribution in [2.75, 3.05) is 0 Å². The third-order valence-corrected chi connectivity index (χ3v) is 4.49. The predicted molar refractivity (Wildman–Crippen MR) is 79.5 cm³/mol. The van der Waals surface area contributed by atoms with Gasteiger partial charge in [0.05, 0.1) is 17.6 Å². The van der Waals surface area contributed by atoms with Crippen LogP contribution in [0.1, 0.15) is 30.0 Å². The molecule has 5 heteroatoms. The molecule has 1 aliphatic rings. The van der Waals surface area contributed by atoms with Gasteiger partial charge in [0.1, 0.15) is 0 Å². The minimum absolute atomic E-state index is 0.294. The van der Waals surface area contributed by atoms with Gasteiger partial charge in [0.2, 0.25) is 0 Å². The zero-order valence-corrected chi connectivity index (χ0v) is 12.2. The van der Waals surface area contributed by atoms with E-state index in [-0.39, 0.29) is 0 Å². The molecule has 0 aliphatic carbocycles. The van der Waals surface area contributed by atoms with Gasteiger partial charge in [-0.15, -0.1) is 0 Å². The second-order valence-corrected chi connectivity index (χ2v) is 6.01. The van der Waals surface area contributed by atoms with Crippen LogP contribution in [0.15, 0.2) is 35.3 Å². The van der Waals surface area contributed by atoms with Gasteiger partial charge < -0.3 is 8.98 Å². The first-order valence-electron chi connectivity index (χ1n) is 6.60. The third kappa shape index (κ3) is 1.77. The summed E-state index contributed by atoms with van der Waals surface area (Å²) in [7, 11) is 0. The lowest BCUT2D eigenvalue weighted by Gasteiger charge is -2.23. The molecule has 0 N–H and O–H groups in total. The Morgan fingerprint density at radius 3 is 3.10 bits per heavy atom. The number of hydrogen-bond donors (Lipinski definition) is 0. The van der Waals surface area contributed by atoms with Gasteiger partial charge in [-0.05, 0) is 25.0 Å². The summed E-state index contributed by atoms with van der Waals surface area (Å²) in [6.07, 6.45) is 7.86. The van der Waals surface area contributed by atoms with Crippen LogP contribution >= 0.6 is 23.2 Å². The molecule has 4 rings (SSSR count). The molecule has 0 radical (unpaired) electrons. The van der Waals surface area contributed by atoms with Gasteiger partial charge in [0.25, 0.3) is 0 Å². The Morgan fingerprint density at radius 1 is 1.30 bits per heavy atom. The van der Waals surface area contributed by atoms with Crippen molar-refractivity contribution >= 4 is 34.2 Å². The van der Waals surface area contributed by atoms with Crippen LogP contribution in [-0.4, -0.2) is 9.55 Å². The Bertz CT molecular complexity index is 790. The summed E-state index contributed by atoms with van der Waals surface area (Å²) in [6.45, 7) is 1.03. The maximum absolute atomic E-state index is 6.20. The summed E-state index contributed by atoms with van der Waals surface area (Å²) < 4.78 is 7.87. The van der Waals surface area contributed by atoms with Crippen LogP contribution in [0.3, 0.4) is 0 Å². The Kier molecular flexibility index (Phi) is 2.79. The first-order valence-corrected chi connectivity index (χ1v) is 7.36. The number of hydrogen-bond acceptors (Lipinski definition) is 2. The van der Waals surface area contributed by atoms with Crippen molar-refractivity contribution in [3.63, 3.8) is 0 Å². The Morgan fingerprint density at radius 2 is 2.20 bits per heavy atom. The summed E-state index contributed by atoms with van der Waals surface area (Å²) in [5, 5.41) is 2.19. The van der Waals surface area contributed by atoms with E-state index < -0.39 is 0 Å². The molecule has 0 bridgehead atoms. The standard InChI is InChI=1S/C15H12Cl2N2O/c16-9-4-11-12(7-20-15(11)13(17)5-9)10-2-1-3-19-8-18-6-14(10)19/h4-8,10H,1-3H2. The fraction of sp³-hybridized carbons (Fsp3) is 0.267. The van der Waals surface area contributed by atoms with Gasteiger partial charge >= 0.3 is 0 Å². The number of imidazole rings is 1. The molecule has 1 aromatic carbocycles. The lowest BCUT2D eigenvalue weighted by atomic mass is 9.89. The fourth-order valence-electron chi connectivity index (χ4n) is 3.09. The second kappa shape index (κ2) is 4.54. The van der Waals surface area contributed by atoms with E-state index in [1.807, 2.05) is 18.6 Å². The van der Waals surface area contributed by atoms with E-state index in [2.05, 4.69) is 9.55 Å². The fourth-order valence-corrected chi connectivity index (χ4v) is 3.62. The summed E-state index contributed by atoms with van der Waals surface area (Å²) >= 11 is 12.3. The van der Waals surface area contributed by atoms with Gasteiger partial charge in [-0.3, -0.25) is 0 Å². The Balaban J connectivity index is 1.92. The molecule has 0 saturated heterocycles. The number of aromatic nitrogens is 2. The van der Waals surface area contributed by atoms with Crippen LogP contribution in [0.4, 0.5) is 0 Å². The second-order valence-electron chi connectivity index (χ2n) is 5.16. The van der Waals surface area contributed by atoms with E-state index in [0.29, 0.717) is 21.5 Å². The molecule has 20 heavy (non-hydrogen) atoms.